The van der Waals surface area contributed by atoms with Crippen molar-refractivity contribution < 1.29 is 14.9 Å². The molecule has 4 N–H and O–H groups in total. The van der Waals surface area contributed by atoms with Crippen LogP contribution in [0.1, 0.15) is 20.3 Å². The third-order valence-electron chi connectivity index (χ3n) is 2.10. The molecule has 1 rings (SSSR count). The van der Waals surface area contributed by atoms with E-state index in [0.29, 0.717) is 5.92 Å². The van der Waals surface area contributed by atoms with Crippen LogP contribution in [0.5, 0.6) is 0 Å². The van der Waals surface area contributed by atoms with Gasteiger partial charge in [-0.15, -0.1) is 0 Å². The van der Waals surface area contributed by atoms with Crippen LogP contribution in [0.15, 0.2) is 0 Å². The van der Waals surface area contributed by atoms with Crippen LogP contribution in [0.2, 0.25) is 0 Å². The van der Waals surface area contributed by atoms with Crippen LogP contribution in [-0.2, 0) is 4.74 Å². The van der Waals surface area contributed by atoms with E-state index < -0.39 is 18.4 Å². The zero-order valence-corrected chi connectivity index (χ0v) is 7.47. The molecule has 1 saturated heterocycles. The minimum Gasteiger partial charge on any atom is -0.388 e. The number of ether oxygens (including phenoxy) is 1. The van der Waals surface area contributed by atoms with Crippen LogP contribution in [0.4, 0.5) is 0 Å². The van der Waals surface area contributed by atoms with Gasteiger partial charge in [0.1, 0.15) is 18.4 Å². The SMILES string of the molecule is CC(C)C[C@H]1O[C@@H](N)C(O)C1O. The highest BCUT2D eigenvalue weighted by atomic mass is 16.6. The molecular formula is C8H17NO3. The monoisotopic (exact) mass is 175 g/mol. The Morgan fingerprint density at radius 1 is 1.33 bits per heavy atom. The Hall–Kier alpha value is -0.160. The van der Waals surface area contributed by atoms with Gasteiger partial charge in [0.2, 0.25) is 0 Å². The van der Waals surface area contributed by atoms with E-state index in [-0.39, 0.29) is 6.10 Å². The Balaban J connectivity index is 2.47. The maximum absolute atomic E-state index is 9.42. The molecule has 0 radical (unpaired) electrons. The molecule has 0 amide bonds. The van der Waals surface area contributed by atoms with Gasteiger partial charge in [0.15, 0.2) is 0 Å². The molecule has 4 heteroatoms. The van der Waals surface area contributed by atoms with Crippen molar-refractivity contribution in [3.05, 3.63) is 0 Å². The summed E-state index contributed by atoms with van der Waals surface area (Å²) in [6.07, 6.45) is -2.08. The molecule has 1 aliphatic rings. The molecule has 0 spiro atoms. The van der Waals surface area contributed by atoms with Gasteiger partial charge in [-0.1, -0.05) is 13.8 Å². The lowest BCUT2D eigenvalue weighted by molar-refractivity contribution is 0.000502. The smallest absolute Gasteiger partial charge is 0.135 e. The molecule has 1 heterocycles. The van der Waals surface area contributed by atoms with E-state index in [2.05, 4.69) is 0 Å². The minimum absolute atomic E-state index is 0.310. The molecule has 4 nitrogen and oxygen atoms in total. The third-order valence-corrected chi connectivity index (χ3v) is 2.10. The number of hydrogen-bond acceptors (Lipinski definition) is 4. The summed E-state index contributed by atoms with van der Waals surface area (Å²) in [5.41, 5.74) is 5.40. The molecule has 0 saturated carbocycles. The van der Waals surface area contributed by atoms with Crippen molar-refractivity contribution in [2.75, 3.05) is 0 Å². The van der Waals surface area contributed by atoms with E-state index in [1.54, 1.807) is 0 Å². The van der Waals surface area contributed by atoms with Crippen LogP contribution in [0, 0.1) is 5.92 Å². The molecule has 72 valence electrons. The Morgan fingerprint density at radius 3 is 2.25 bits per heavy atom. The molecule has 0 bridgehead atoms. The lowest BCUT2D eigenvalue weighted by Crippen LogP contribution is -2.36. The number of nitrogens with two attached hydrogens (primary N) is 1. The van der Waals surface area contributed by atoms with E-state index in [4.69, 9.17) is 10.5 Å². The average molecular weight is 175 g/mol. The van der Waals surface area contributed by atoms with Gasteiger partial charge in [-0.3, -0.25) is 0 Å². The number of hydrogen-bond donors (Lipinski definition) is 3. The summed E-state index contributed by atoms with van der Waals surface area (Å²) in [7, 11) is 0. The van der Waals surface area contributed by atoms with Crippen LogP contribution in [-0.4, -0.2) is 34.8 Å². The summed E-state index contributed by atoms with van der Waals surface area (Å²) in [5.74, 6) is 0.433. The van der Waals surface area contributed by atoms with E-state index in [0.717, 1.165) is 6.42 Å². The lowest BCUT2D eigenvalue weighted by atomic mass is 10.0. The molecule has 0 aromatic rings. The van der Waals surface area contributed by atoms with E-state index in [9.17, 15) is 10.2 Å². The first-order valence-corrected chi connectivity index (χ1v) is 4.29. The highest BCUT2D eigenvalue weighted by Crippen LogP contribution is 2.23. The van der Waals surface area contributed by atoms with Crippen molar-refractivity contribution in [1.29, 1.82) is 0 Å². The van der Waals surface area contributed by atoms with Crippen molar-refractivity contribution in [3.8, 4) is 0 Å². The second-order valence-corrected chi connectivity index (χ2v) is 3.75. The first-order valence-electron chi connectivity index (χ1n) is 4.29. The zero-order chi connectivity index (χ0) is 9.30. The Kier molecular flexibility index (Phi) is 3.06. The van der Waals surface area contributed by atoms with Gasteiger partial charge >= 0.3 is 0 Å². The molecule has 0 aliphatic carbocycles. The van der Waals surface area contributed by atoms with Gasteiger partial charge in [0.05, 0.1) is 6.10 Å². The van der Waals surface area contributed by atoms with Gasteiger partial charge in [-0.05, 0) is 12.3 Å². The van der Waals surface area contributed by atoms with E-state index in [1.807, 2.05) is 13.8 Å². The Labute approximate surface area is 72.3 Å². The zero-order valence-electron chi connectivity index (χ0n) is 7.47. The van der Waals surface area contributed by atoms with Crippen LogP contribution in [0.25, 0.3) is 0 Å². The maximum Gasteiger partial charge on any atom is 0.135 e. The second-order valence-electron chi connectivity index (χ2n) is 3.75. The van der Waals surface area contributed by atoms with Gasteiger partial charge in [0, 0.05) is 0 Å². The molecule has 12 heavy (non-hydrogen) atoms. The number of aliphatic hydroxyl groups is 2. The van der Waals surface area contributed by atoms with E-state index in [1.165, 1.54) is 0 Å². The minimum atomic E-state index is -0.936. The summed E-state index contributed by atoms with van der Waals surface area (Å²) < 4.78 is 5.17. The van der Waals surface area contributed by atoms with Gasteiger partial charge in [-0.25, -0.2) is 0 Å². The molecular weight excluding hydrogens is 158 g/mol. The predicted octanol–water partition coefficient (Wildman–Crippen LogP) is -0.562. The fourth-order valence-electron chi connectivity index (χ4n) is 1.44. The van der Waals surface area contributed by atoms with Crippen LogP contribution >= 0.6 is 0 Å². The predicted molar refractivity (Wildman–Crippen MR) is 44.3 cm³/mol. The second kappa shape index (κ2) is 3.70. The number of rotatable bonds is 2. The Bertz CT molecular complexity index is 149. The van der Waals surface area contributed by atoms with Gasteiger partial charge in [0.25, 0.3) is 0 Å². The average Bonchev–Trinajstić information content (AvgIpc) is 2.17. The largest absolute Gasteiger partial charge is 0.388 e. The number of aliphatic hydroxyl groups excluding tert-OH is 2. The molecule has 0 aromatic carbocycles. The van der Waals surface area contributed by atoms with Gasteiger partial charge in [-0.2, -0.15) is 0 Å². The first-order chi connectivity index (χ1) is 5.52. The molecule has 1 fully saturated rings. The highest BCUT2D eigenvalue weighted by Gasteiger charge is 2.40. The molecule has 0 aromatic heterocycles. The van der Waals surface area contributed by atoms with Crippen LogP contribution in [0.3, 0.4) is 0 Å². The maximum atomic E-state index is 9.42. The lowest BCUT2D eigenvalue weighted by Gasteiger charge is -2.15. The summed E-state index contributed by atoms with van der Waals surface area (Å²) in [4.78, 5) is 0. The molecule has 4 atom stereocenters. The normalized spacial score (nSPS) is 42.5. The summed E-state index contributed by atoms with van der Waals surface area (Å²) >= 11 is 0. The summed E-state index contributed by atoms with van der Waals surface area (Å²) in [5, 5.41) is 18.7. The quantitative estimate of drug-likeness (QED) is 0.525. The van der Waals surface area contributed by atoms with Crippen molar-refractivity contribution in [2.45, 2.75) is 44.8 Å². The standard InChI is InChI=1S/C8H17NO3/c1-4(2)3-5-6(10)7(11)8(9)12-5/h4-8,10-11H,3,9H2,1-2H3/t5-,6?,7?,8-/m1/s1. The fraction of sp³-hybridized carbons (Fsp3) is 1.00. The van der Waals surface area contributed by atoms with Crippen molar-refractivity contribution in [2.24, 2.45) is 11.7 Å². The van der Waals surface area contributed by atoms with Crippen molar-refractivity contribution >= 4 is 0 Å². The molecule has 1 aliphatic heterocycles. The topological polar surface area (TPSA) is 75.7 Å². The van der Waals surface area contributed by atoms with Crippen molar-refractivity contribution in [1.82, 2.24) is 0 Å². The summed E-state index contributed by atoms with van der Waals surface area (Å²) in [6.45, 7) is 4.07. The summed E-state index contributed by atoms with van der Waals surface area (Å²) in [6, 6.07) is 0. The fourth-order valence-corrected chi connectivity index (χ4v) is 1.44. The van der Waals surface area contributed by atoms with E-state index >= 15 is 0 Å². The first kappa shape index (κ1) is 9.92. The molecule has 2 unspecified atom stereocenters. The Morgan fingerprint density at radius 2 is 1.92 bits per heavy atom. The van der Waals surface area contributed by atoms with Crippen LogP contribution < -0.4 is 5.73 Å². The third kappa shape index (κ3) is 1.95. The highest BCUT2D eigenvalue weighted by molar-refractivity contribution is 4.87. The van der Waals surface area contributed by atoms with Crippen molar-refractivity contribution in [3.63, 3.8) is 0 Å². The van der Waals surface area contributed by atoms with Gasteiger partial charge < -0.3 is 20.7 Å².